The summed E-state index contributed by atoms with van der Waals surface area (Å²) in [6.45, 7) is 4.89. The van der Waals surface area contributed by atoms with E-state index in [0.29, 0.717) is 6.04 Å². The number of aliphatic hydroxyl groups excluding tert-OH is 1. The Morgan fingerprint density at radius 2 is 1.68 bits per heavy atom. The van der Waals surface area contributed by atoms with E-state index in [4.69, 9.17) is 0 Å². The second-order valence-corrected chi connectivity index (χ2v) is 7.69. The predicted molar refractivity (Wildman–Crippen MR) is 75.9 cm³/mol. The third kappa shape index (κ3) is 2.34. The van der Waals surface area contributed by atoms with Crippen LogP contribution in [0.1, 0.15) is 32.1 Å². The van der Waals surface area contributed by atoms with E-state index in [1.807, 2.05) is 0 Å². The lowest BCUT2D eigenvalue weighted by molar-refractivity contribution is -0.0520. The third-order valence-corrected chi connectivity index (χ3v) is 6.45. The van der Waals surface area contributed by atoms with Crippen molar-refractivity contribution < 1.29 is 5.11 Å². The average molecular weight is 264 g/mol. The number of hydrogen-bond acceptors (Lipinski definition) is 3. The summed E-state index contributed by atoms with van der Waals surface area (Å²) in [5.41, 5.74) is 0. The van der Waals surface area contributed by atoms with Crippen molar-refractivity contribution in [3.63, 3.8) is 0 Å². The summed E-state index contributed by atoms with van der Waals surface area (Å²) in [6, 6.07) is 0.311. The Labute approximate surface area is 116 Å². The molecule has 0 aromatic rings. The first kappa shape index (κ1) is 12.6. The van der Waals surface area contributed by atoms with Crippen molar-refractivity contribution in [2.45, 2.75) is 38.1 Å². The van der Waals surface area contributed by atoms with Crippen molar-refractivity contribution in [2.24, 2.45) is 29.6 Å². The lowest BCUT2D eigenvalue weighted by Gasteiger charge is -2.55. The zero-order valence-corrected chi connectivity index (χ0v) is 11.9. The molecule has 5 aliphatic rings. The number of nitrogens with one attached hydrogen (secondary N) is 1. The van der Waals surface area contributed by atoms with Gasteiger partial charge in [0, 0.05) is 32.2 Å². The van der Waals surface area contributed by atoms with Crippen LogP contribution >= 0.6 is 0 Å². The molecule has 4 bridgehead atoms. The summed E-state index contributed by atoms with van der Waals surface area (Å²) >= 11 is 0. The molecule has 1 saturated heterocycles. The highest BCUT2D eigenvalue weighted by Gasteiger charge is 2.48. The van der Waals surface area contributed by atoms with Crippen LogP contribution in [0, 0.1) is 29.6 Å². The summed E-state index contributed by atoms with van der Waals surface area (Å²) in [6.07, 6.45) is 7.70. The monoisotopic (exact) mass is 264 g/mol. The molecule has 0 amide bonds. The second-order valence-electron chi connectivity index (χ2n) is 7.69. The minimum Gasteiger partial charge on any atom is -0.395 e. The van der Waals surface area contributed by atoms with Crippen LogP contribution in [-0.4, -0.2) is 48.8 Å². The van der Waals surface area contributed by atoms with Crippen molar-refractivity contribution in [1.29, 1.82) is 0 Å². The molecule has 3 nitrogen and oxygen atoms in total. The molecule has 3 heteroatoms. The normalized spacial score (nSPS) is 49.7. The Balaban J connectivity index is 1.40. The summed E-state index contributed by atoms with van der Waals surface area (Å²) < 4.78 is 0. The Hall–Kier alpha value is -0.120. The lowest BCUT2D eigenvalue weighted by atomic mass is 9.52. The van der Waals surface area contributed by atoms with Crippen LogP contribution in [0.15, 0.2) is 0 Å². The van der Waals surface area contributed by atoms with Crippen LogP contribution in [0.2, 0.25) is 0 Å². The molecular formula is C16H28N2O. The van der Waals surface area contributed by atoms with Gasteiger partial charge >= 0.3 is 0 Å². The molecule has 4 saturated carbocycles. The molecule has 1 heterocycles. The van der Waals surface area contributed by atoms with E-state index in [-0.39, 0.29) is 6.61 Å². The van der Waals surface area contributed by atoms with Gasteiger partial charge in [0.2, 0.25) is 0 Å². The van der Waals surface area contributed by atoms with E-state index in [0.717, 1.165) is 42.7 Å². The summed E-state index contributed by atoms with van der Waals surface area (Å²) in [4.78, 5) is 2.63. The van der Waals surface area contributed by atoms with E-state index >= 15 is 0 Å². The van der Waals surface area contributed by atoms with E-state index in [9.17, 15) is 5.11 Å². The Morgan fingerprint density at radius 3 is 2.32 bits per heavy atom. The minimum atomic E-state index is 0.290. The molecule has 0 spiro atoms. The summed E-state index contributed by atoms with van der Waals surface area (Å²) in [7, 11) is 0. The standard InChI is InChI=1S/C16H28N2O/c19-10-15-8-18(2-1-17-15)9-16-13-4-11-3-12(6-13)7-14(16)5-11/h11-17,19H,1-10H2. The maximum atomic E-state index is 9.33. The van der Waals surface area contributed by atoms with Gasteiger partial charge in [-0.3, -0.25) is 0 Å². The third-order valence-electron chi connectivity index (χ3n) is 6.45. The highest BCUT2D eigenvalue weighted by Crippen LogP contribution is 2.56. The maximum absolute atomic E-state index is 9.33. The van der Waals surface area contributed by atoms with E-state index < -0.39 is 0 Å². The van der Waals surface area contributed by atoms with Gasteiger partial charge in [-0.25, -0.2) is 0 Å². The van der Waals surface area contributed by atoms with Gasteiger partial charge in [-0.1, -0.05) is 0 Å². The maximum Gasteiger partial charge on any atom is 0.0597 e. The number of hydrogen-bond donors (Lipinski definition) is 2. The quantitative estimate of drug-likeness (QED) is 0.807. The highest BCUT2D eigenvalue weighted by atomic mass is 16.3. The second kappa shape index (κ2) is 5.01. The SMILES string of the molecule is OCC1CN(CC2C3CC4CC(C3)CC2C4)CCN1. The molecule has 5 fully saturated rings. The largest absolute Gasteiger partial charge is 0.395 e. The predicted octanol–water partition coefficient (Wildman–Crippen LogP) is 1.32. The van der Waals surface area contributed by atoms with Gasteiger partial charge in [-0.2, -0.15) is 0 Å². The fourth-order valence-corrected chi connectivity index (χ4v) is 5.82. The van der Waals surface area contributed by atoms with Crippen LogP contribution in [-0.2, 0) is 0 Å². The van der Waals surface area contributed by atoms with Crippen LogP contribution < -0.4 is 5.32 Å². The van der Waals surface area contributed by atoms with E-state index in [1.54, 1.807) is 6.42 Å². The van der Waals surface area contributed by atoms with Gasteiger partial charge in [-0.05, 0) is 61.7 Å². The molecular weight excluding hydrogens is 236 g/mol. The molecule has 0 radical (unpaired) electrons. The average Bonchev–Trinajstić information content (AvgIpc) is 2.42. The van der Waals surface area contributed by atoms with Gasteiger partial charge in [0.1, 0.15) is 0 Å². The smallest absolute Gasteiger partial charge is 0.0597 e. The zero-order valence-electron chi connectivity index (χ0n) is 11.9. The fourth-order valence-electron chi connectivity index (χ4n) is 5.82. The Kier molecular flexibility index (Phi) is 3.33. The number of aliphatic hydroxyl groups is 1. The lowest BCUT2D eigenvalue weighted by Crippen LogP contribution is -2.56. The Morgan fingerprint density at radius 1 is 1.00 bits per heavy atom. The van der Waals surface area contributed by atoms with Crippen molar-refractivity contribution in [3.8, 4) is 0 Å². The van der Waals surface area contributed by atoms with Crippen molar-refractivity contribution in [3.05, 3.63) is 0 Å². The Bertz CT molecular complexity index is 305. The van der Waals surface area contributed by atoms with Gasteiger partial charge in [0.05, 0.1) is 6.61 Å². The first-order valence-electron chi connectivity index (χ1n) is 8.38. The van der Waals surface area contributed by atoms with Crippen molar-refractivity contribution >= 4 is 0 Å². The molecule has 1 atom stereocenters. The molecule has 4 aliphatic carbocycles. The summed E-state index contributed by atoms with van der Waals surface area (Å²) in [5, 5.41) is 12.7. The molecule has 0 aromatic heterocycles. The fraction of sp³-hybridized carbons (Fsp3) is 1.00. The van der Waals surface area contributed by atoms with Gasteiger partial charge < -0.3 is 15.3 Å². The topological polar surface area (TPSA) is 35.5 Å². The molecule has 1 aliphatic heterocycles. The van der Waals surface area contributed by atoms with Crippen molar-refractivity contribution in [1.82, 2.24) is 10.2 Å². The van der Waals surface area contributed by atoms with Crippen molar-refractivity contribution in [2.75, 3.05) is 32.8 Å². The molecule has 108 valence electrons. The minimum absolute atomic E-state index is 0.290. The molecule has 5 rings (SSSR count). The zero-order chi connectivity index (χ0) is 12.8. The molecule has 1 unspecified atom stereocenters. The summed E-state index contributed by atoms with van der Waals surface area (Å²) in [5.74, 6) is 5.24. The van der Waals surface area contributed by atoms with E-state index in [1.165, 1.54) is 38.8 Å². The van der Waals surface area contributed by atoms with E-state index in [2.05, 4.69) is 10.2 Å². The molecule has 0 aromatic carbocycles. The molecule has 2 N–H and O–H groups in total. The van der Waals surface area contributed by atoms with Gasteiger partial charge in [0.25, 0.3) is 0 Å². The highest BCUT2D eigenvalue weighted by molar-refractivity contribution is 4.99. The van der Waals surface area contributed by atoms with Crippen LogP contribution in [0.5, 0.6) is 0 Å². The van der Waals surface area contributed by atoms with Crippen LogP contribution in [0.25, 0.3) is 0 Å². The van der Waals surface area contributed by atoms with Crippen LogP contribution in [0.3, 0.4) is 0 Å². The number of nitrogens with zero attached hydrogens (tertiary/aromatic N) is 1. The first-order chi connectivity index (χ1) is 9.31. The van der Waals surface area contributed by atoms with Gasteiger partial charge in [-0.15, -0.1) is 0 Å². The molecule has 19 heavy (non-hydrogen) atoms. The van der Waals surface area contributed by atoms with Crippen LogP contribution in [0.4, 0.5) is 0 Å². The number of piperazine rings is 1. The first-order valence-corrected chi connectivity index (χ1v) is 8.38. The van der Waals surface area contributed by atoms with Gasteiger partial charge in [0.15, 0.2) is 0 Å². The number of rotatable bonds is 3.